The van der Waals surface area contributed by atoms with Crippen molar-refractivity contribution < 1.29 is 9.90 Å². The largest absolute Gasteiger partial charge is 0.507 e. The number of hydrogen-bond donors (Lipinski definition) is 1. The number of ketones is 1. The van der Waals surface area contributed by atoms with Gasteiger partial charge in [0.25, 0.3) is 0 Å². The highest BCUT2D eigenvalue weighted by molar-refractivity contribution is 6.10. The summed E-state index contributed by atoms with van der Waals surface area (Å²) in [5, 5.41) is 13.7. The van der Waals surface area contributed by atoms with Crippen LogP contribution in [0.3, 0.4) is 0 Å². The lowest BCUT2D eigenvalue weighted by atomic mass is 10.0. The third kappa shape index (κ3) is 2.20. The average molecular weight is 230 g/mol. The first-order valence-electron chi connectivity index (χ1n) is 5.48. The van der Waals surface area contributed by atoms with Crippen LogP contribution in [0, 0.1) is 6.92 Å². The molecule has 4 heteroatoms. The fraction of sp³-hybridized carbons (Fsp3) is 0.231. The first kappa shape index (κ1) is 11.4. The van der Waals surface area contributed by atoms with Gasteiger partial charge in [0.1, 0.15) is 5.75 Å². The van der Waals surface area contributed by atoms with Gasteiger partial charge in [0, 0.05) is 12.7 Å². The Morgan fingerprint density at radius 3 is 2.88 bits per heavy atom. The van der Waals surface area contributed by atoms with Crippen molar-refractivity contribution in [3.8, 4) is 5.75 Å². The standard InChI is InChI=1S/C13H14N2O2/c1-3-15-8-10(7-14-15)13(17)11-6-9(2)4-5-12(11)16/h4-8,16H,3H2,1-2H3. The Labute approximate surface area is 99.5 Å². The van der Waals surface area contributed by atoms with Crippen molar-refractivity contribution >= 4 is 5.78 Å². The average Bonchev–Trinajstić information content (AvgIpc) is 2.80. The minimum atomic E-state index is -0.203. The molecule has 17 heavy (non-hydrogen) atoms. The lowest BCUT2D eigenvalue weighted by Gasteiger charge is -2.03. The molecule has 2 aromatic rings. The van der Waals surface area contributed by atoms with Crippen LogP contribution in [-0.4, -0.2) is 20.7 Å². The first-order valence-corrected chi connectivity index (χ1v) is 5.48. The molecule has 2 rings (SSSR count). The topological polar surface area (TPSA) is 55.1 Å². The molecular weight excluding hydrogens is 216 g/mol. The predicted molar refractivity (Wildman–Crippen MR) is 64.2 cm³/mol. The molecule has 88 valence electrons. The highest BCUT2D eigenvalue weighted by atomic mass is 16.3. The third-order valence-electron chi connectivity index (χ3n) is 2.62. The number of aromatic nitrogens is 2. The summed E-state index contributed by atoms with van der Waals surface area (Å²) >= 11 is 0. The van der Waals surface area contributed by atoms with E-state index in [9.17, 15) is 9.90 Å². The monoisotopic (exact) mass is 230 g/mol. The van der Waals surface area contributed by atoms with Crippen molar-refractivity contribution in [3.05, 3.63) is 47.3 Å². The Morgan fingerprint density at radius 2 is 2.24 bits per heavy atom. The van der Waals surface area contributed by atoms with Crippen LogP contribution in [0.2, 0.25) is 0 Å². The van der Waals surface area contributed by atoms with E-state index in [1.807, 2.05) is 13.8 Å². The van der Waals surface area contributed by atoms with E-state index in [-0.39, 0.29) is 11.5 Å². The van der Waals surface area contributed by atoms with E-state index in [1.54, 1.807) is 23.0 Å². The summed E-state index contributed by atoms with van der Waals surface area (Å²) in [7, 11) is 0. The van der Waals surface area contributed by atoms with E-state index in [1.165, 1.54) is 12.3 Å². The van der Waals surface area contributed by atoms with Crippen molar-refractivity contribution in [1.29, 1.82) is 0 Å². The molecule has 4 nitrogen and oxygen atoms in total. The Hall–Kier alpha value is -2.10. The van der Waals surface area contributed by atoms with Gasteiger partial charge in [-0.3, -0.25) is 9.48 Å². The Balaban J connectivity index is 2.39. The maximum absolute atomic E-state index is 12.1. The molecule has 1 aromatic carbocycles. The molecule has 0 spiro atoms. The Bertz CT molecular complexity index is 558. The van der Waals surface area contributed by atoms with Crippen LogP contribution in [0.5, 0.6) is 5.75 Å². The van der Waals surface area contributed by atoms with Crippen LogP contribution >= 0.6 is 0 Å². The molecular formula is C13H14N2O2. The minimum absolute atomic E-state index is 0.00449. The van der Waals surface area contributed by atoms with Crippen LogP contribution in [0.1, 0.15) is 28.4 Å². The van der Waals surface area contributed by atoms with Gasteiger partial charge in [-0.2, -0.15) is 5.10 Å². The maximum Gasteiger partial charge on any atom is 0.199 e. The minimum Gasteiger partial charge on any atom is -0.507 e. The van der Waals surface area contributed by atoms with Crippen LogP contribution < -0.4 is 0 Å². The van der Waals surface area contributed by atoms with Crippen LogP contribution in [0.4, 0.5) is 0 Å². The number of nitrogens with zero attached hydrogens (tertiary/aromatic N) is 2. The number of hydrogen-bond acceptors (Lipinski definition) is 3. The molecule has 0 radical (unpaired) electrons. The lowest BCUT2D eigenvalue weighted by molar-refractivity contribution is 0.103. The van der Waals surface area contributed by atoms with Gasteiger partial charge in [0.15, 0.2) is 5.78 Å². The summed E-state index contributed by atoms with van der Waals surface area (Å²) in [6.07, 6.45) is 3.21. The highest BCUT2D eigenvalue weighted by Crippen LogP contribution is 2.21. The van der Waals surface area contributed by atoms with E-state index >= 15 is 0 Å². The van der Waals surface area contributed by atoms with Gasteiger partial charge >= 0.3 is 0 Å². The maximum atomic E-state index is 12.1. The Morgan fingerprint density at radius 1 is 1.47 bits per heavy atom. The molecule has 0 unspecified atom stereocenters. The summed E-state index contributed by atoms with van der Waals surface area (Å²) in [5.74, 6) is -0.198. The van der Waals surface area contributed by atoms with E-state index in [0.717, 1.165) is 5.56 Å². The zero-order valence-corrected chi connectivity index (χ0v) is 9.84. The molecule has 0 amide bonds. The number of phenolic OH excluding ortho intramolecular Hbond substituents is 1. The molecule has 0 aliphatic heterocycles. The smallest absolute Gasteiger partial charge is 0.199 e. The molecule has 0 saturated heterocycles. The van der Waals surface area contributed by atoms with Crippen LogP contribution in [-0.2, 0) is 6.54 Å². The lowest BCUT2D eigenvalue weighted by Crippen LogP contribution is -2.01. The second kappa shape index (κ2) is 4.41. The Kier molecular flexibility index (Phi) is 2.95. The molecule has 0 aliphatic rings. The molecule has 0 bridgehead atoms. The van der Waals surface area contributed by atoms with Crippen LogP contribution in [0.25, 0.3) is 0 Å². The van der Waals surface area contributed by atoms with Gasteiger partial charge in [-0.05, 0) is 26.0 Å². The third-order valence-corrected chi connectivity index (χ3v) is 2.62. The fourth-order valence-corrected chi connectivity index (χ4v) is 1.64. The predicted octanol–water partition coefficient (Wildman–Crippen LogP) is 2.15. The van der Waals surface area contributed by atoms with E-state index in [4.69, 9.17) is 0 Å². The quantitative estimate of drug-likeness (QED) is 0.822. The van der Waals surface area contributed by atoms with Gasteiger partial charge in [-0.1, -0.05) is 11.6 Å². The SMILES string of the molecule is CCn1cc(C(=O)c2cc(C)ccc2O)cn1. The number of rotatable bonds is 3. The fourth-order valence-electron chi connectivity index (χ4n) is 1.64. The van der Waals surface area contributed by atoms with Crippen molar-refractivity contribution in [3.63, 3.8) is 0 Å². The molecule has 0 atom stereocenters. The summed E-state index contributed by atoms with van der Waals surface area (Å²) in [4.78, 5) is 12.1. The van der Waals surface area contributed by atoms with Crippen molar-refractivity contribution in [2.45, 2.75) is 20.4 Å². The highest BCUT2D eigenvalue weighted by Gasteiger charge is 2.15. The van der Waals surface area contributed by atoms with Crippen molar-refractivity contribution in [1.82, 2.24) is 9.78 Å². The molecule has 0 aliphatic carbocycles. The van der Waals surface area contributed by atoms with E-state index < -0.39 is 0 Å². The molecule has 0 saturated carbocycles. The number of carbonyl (C=O) groups excluding carboxylic acids is 1. The summed E-state index contributed by atoms with van der Waals surface area (Å²) in [6.45, 7) is 4.55. The molecule has 0 fully saturated rings. The van der Waals surface area contributed by atoms with E-state index in [0.29, 0.717) is 17.7 Å². The zero-order chi connectivity index (χ0) is 12.4. The molecule has 1 heterocycles. The van der Waals surface area contributed by atoms with Crippen molar-refractivity contribution in [2.24, 2.45) is 0 Å². The normalized spacial score (nSPS) is 10.5. The number of aromatic hydroxyl groups is 1. The second-order valence-electron chi connectivity index (χ2n) is 3.93. The van der Waals surface area contributed by atoms with Crippen LogP contribution in [0.15, 0.2) is 30.6 Å². The number of phenols is 1. The number of carbonyl (C=O) groups is 1. The zero-order valence-electron chi connectivity index (χ0n) is 9.84. The second-order valence-corrected chi connectivity index (χ2v) is 3.93. The van der Waals surface area contributed by atoms with Gasteiger partial charge in [0.2, 0.25) is 0 Å². The molecule has 1 aromatic heterocycles. The van der Waals surface area contributed by atoms with Crippen molar-refractivity contribution in [2.75, 3.05) is 0 Å². The number of benzene rings is 1. The van der Waals surface area contributed by atoms with Gasteiger partial charge < -0.3 is 5.11 Å². The van der Waals surface area contributed by atoms with Gasteiger partial charge in [-0.15, -0.1) is 0 Å². The van der Waals surface area contributed by atoms with Gasteiger partial charge in [0.05, 0.1) is 17.3 Å². The van der Waals surface area contributed by atoms with E-state index in [2.05, 4.69) is 5.10 Å². The number of aryl methyl sites for hydroxylation is 2. The summed E-state index contributed by atoms with van der Waals surface area (Å²) < 4.78 is 1.68. The van der Waals surface area contributed by atoms with Gasteiger partial charge in [-0.25, -0.2) is 0 Å². The first-order chi connectivity index (χ1) is 8.11. The summed E-state index contributed by atoms with van der Waals surface area (Å²) in [5.41, 5.74) is 1.75. The molecule has 1 N–H and O–H groups in total. The summed E-state index contributed by atoms with van der Waals surface area (Å²) in [6, 6.07) is 4.98.